The van der Waals surface area contributed by atoms with Gasteiger partial charge in [-0.05, 0) is 44.9 Å². The molecule has 0 saturated carbocycles. The lowest BCUT2D eigenvalue weighted by molar-refractivity contribution is -0.125. The summed E-state index contributed by atoms with van der Waals surface area (Å²) in [5.41, 5.74) is -0.459. The van der Waals surface area contributed by atoms with Gasteiger partial charge < -0.3 is 5.32 Å². The molecule has 0 aromatic heterocycles. The van der Waals surface area contributed by atoms with Crippen molar-refractivity contribution in [2.45, 2.75) is 51.1 Å². The predicted molar refractivity (Wildman–Crippen MR) is 93.3 cm³/mol. The smallest absolute Gasteiger partial charge is 0.241 e. The number of sulfonamides is 1. The van der Waals surface area contributed by atoms with Gasteiger partial charge in [-0.15, -0.1) is 0 Å². The van der Waals surface area contributed by atoms with Gasteiger partial charge in [0, 0.05) is 5.54 Å². The Kier molecular flexibility index (Phi) is 6.49. The Hall–Kier alpha value is -0.820. The molecule has 5 nitrogen and oxygen atoms in total. The first-order valence-electron chi connectivity index (χ1n) is 7.13. The Morgan fingerprint density at radius 2 is 1.70 bits per heavy atom. The Morgan fingerprint density at radius 1 is 1.13 bits per heavy atom. The molecule has 0 spiro atoms. The molecule has 0 aliphatic heterocycles. The Bertz CT molecular complexity index is 682. The van der Waals surface area contributed by atoms with Crippen LogP contribution in [0.1, 0.15) is 34.6 Å². The highest BCUT2D eigenvalue weighted by Gasteiger charge is 2.30. The lowest BCUT2D eigenvalue weighted by Gasteiger charge is -2.27. The molecule has 8 heteroatoms. The highest BCUT2D eigenvalue weighted by molar-refractivity contribution is 7.89. The van der Waals surface area contributed by atoms with Gasteiger partial charge in [-0.2, -0.15) is 4.72 Å². The fourth-order valence-electron chi connectivity index (χ4n) is 1.82. The predicted octanol–water partition coefficient (Wildman–Crippen LogP) is 3.21. The number of halogens is 2. The Morgan fingerprint density at radius 3 is 2.13 bits per heavy atom. The first kappa shape index (κ1) is 20.2. The average Bonchev–Trinajstić information content (AvgIpc) is 2.36. The second-order valence-electron chi connectivity index (χ2n) is 6.66. The molecule has 0 aliphatic carbocycles. The molecule has 1 aromatic rings. The van der Waals surface area contributed by atoms with E-state index in [9.17, 15) is 13.2 Å². The maximum absolute atomic E-state index is 12.5. The van der Waals surface area contributed by atoms with E-state index < -0.39 is 21.6 Å². The molecule has 0 aliphatic rings. The molecule has 0 bridgehead atoms. The van der Waals surface area contributed by atoms with Crippen molar-refractivity contribution in [3.63, 3.8) is 0 Å². The molecular weight excluding hydrogens is 359 g/mol. The van der Waals surface area contributed by atoms with E-state index in [0.717, 1.165) is 0 Å². The molecule has 0 saturated heterocycles. The molecule has 130 valence electrons. The summed E-state index contributed by atoms with van der Waals surface area (Å²) in [6, 6.07) is 3.10. The van der Waals surface area contributed by atoms with E-state index in [0.29, 0.717) is 0 Å². The van der Waals surface area contributed by atoms with Crippen LogP contribution < -0.4 is 10.0 Å². The minimum absolute atomic E-state index is 0.0406. The molecule has 1 amide bonds. The van der Waals surface area contributed by atoms with Gasteiger partial charge in [0.1, 0.15) is 6.04 Å². The molecule has 2 N–H and O–H groups in total. The minimum Gasteiger partial charge on any atom is -0.350 e. The van der Waals surface area contributed by atoms with E-state index in [2.05, 4.69) is 10.0 Å². The number of hydrogen-bond acceptors (Lipinski definition) is 3. The van der Waals surface area contributed by atoms with Gasteiger partial charge in [0.05, 0.1) is 14.9 Å². The van der Waals surface area contributed by atoms with Crippen LogP contribution in [-0.2, 0) is 14.8 Å². The maximum atomic E-state index is 12.5. The van der Waals surface area contributed by atoms with Crippen molar-refractivity contribution in [2.75, 3.05) is 0 Å². The highest BCUT2D eigenvalue weighted by Crippen LogP contribution is 2.25. The molecule has 0 radical (unpaired) electrons. The van der Waals surface area contributed by atoms with Crippen LogP contribution in [-0.4, -0.2) is 25.9 Å². The second kappa shape index (κ2) is 7.38. The SMILES string of the molecule is CC(C)C(NS(=O)(=O)c1ccc(Cl)c(Cl)c1)C(=O)NC(C)(C)C. The summed E-state index contributed by atoms with van der Waals surface area (Å²) in [6.07, 6.45) is 0. The van der Waals surface area contributed by atoms with Crippen LogP contribution in [0.25, 0.3) is 0 Å². The zero-order valence-electron chi connectivity index (χ0n) is 13.8. The molecular formula is C15H22Cl2N2O3S. The standard InChI is InChI=1S/C15H22Cl2N2O3S/c1-9(2)13(14(20)18-15(3,4)5)19-23(21,22)10-6-7-11(16)12(17)8-10/h6-9,13,19H,1-5H3,(H,18,20). The maximum Gasteiger partial charge on any atom is 0.241 e. The quantitative estimate of drug-likeness (QED) is 0.823. The van der Waals surface area contributed by atoms with Crippen molar-refractivity contribution in [2.24, 2.45) is 5.92 Å². The number of carbonyl (C=O) groups is 1. The van der Waals surface area contributed by atoms with E-state index in [1.54, 1.807) is 13.8 Å². The van der Waals surface area contributed by atoms with E-state index in [-0.39, 0.29) is 26.8 Å². The van der Waals surface area contributed by atoms with Crippen LogP contribution in [0, 0.1) is 5.92 Å². The van der Waals surface area contributed by atoms with Crippen molar-refractivity contribution in [1.29, 1.82) is 0 Å². The average molecular weight is 381 g/mol. The first-order valence-corrected chi connectivity index (χ1v) is 9.37. The molecule has 1 aromatic carbocycles. The Balaban J connectivity index is 3.07. The lowest BCUT2D eigenvalue weighted by Crippen LogP contribution is -2.54. The van der Waals surface area contributed by atoms with Gasteiger partial charge in [-0.3, -0.25) is 4.79 Å². The van der Waals surface area contributed by atoms with Gasteiger partial charge in [-0.25, -0.2) is 8.42 Å². The number of rotatable bonds is 5. The summed E-state index contributed by atoms with van der Waals surface area (Å²) in [5.74, 6) is -0.606. The third-order valence-corrected chi connectivity index (χ3v) is 5.11. The molecule has 1 unspecified atom stereocenters. The third kappa shape index (κ3) is 5.95. The molecule has 0 fully saturated rings. The third-order valence-electron chi connectivity index (χ3n) is 2.93. The normalized spacial score (nSPS) is 13.9. The van der Waals surface area contributed by atoms with Crippen molar-refractivity contribution in [3.8, 4) is 0 Å². The summed E-state index contributed by atoms with van der Waals surface area (Å²) in [5, 5.41) is 3.18. The molecule has 0 heterocycles. The molecule has 23 heavy (non-hydrogen) atoms. The van der Waals surface area contributed by atoms with Gasteiger partial charge in [0.2, 0.25) is 15.9 Å². The zero-order valence-corrected chi connectivity index (χ0v) is 16.1. The highest BCUT2D eigenvalue weighted by atomic mass is 35.5. The summed E-state index contributed by atoms with van der Waals surface area (Å²) in [6.45, 7) is 9.02. The van der Waals surface area contributed by atoms with Gasteiger partial charge in [0.25, 0.3) is 0 Å². The number of carbonyl (C=O) groups excluding carboxylic acids is 1. The van der Waals surface area contributed by atoms with Crippen LogP contribution >= 0.6 is 23.2 Å². The lowest BCUT2D eigenvalue weighted by atomic mass is 10.0. The van der Waals surface area contributed by atoms with Crippen molar-refractivity contribution in [3.05, 3.63) is 28.2 Å². The van der Waals surface area contributed by atoms with E-state index in [1.165, 1.54) is 18.2 Å². The number of amides is 1. The summed E-state index contributed by atoms with van der Waals surface area (Å²) >= 11 is 11.7. The summed E-state index contributed by atoms with van der Waals surface area (Å²) < 4.78 is 27.4. The fraction of sp³-hybridized carbons (Fsp3) is 0.533. The van der Waals surface area contributed by atoms with E-state index >= 15 is 0 Å². The van der Waals surface area contributed by atoms with Crippen molar-refractivity contribution < 1.29 is 13.2 Å². The van der Waals surface area contributed by atoms with Crippen LogP contribution in [0.15, 0.2) is 23.1 Å². The minimum atomic E-state index is -3.90. The largest absolute Gasteiger partial charge is 0.350 e. The first-order chi connectivity index (χ1) is 10.3. The number of benzene rings is 1. The number of hydrogen-bond donors (Lipinski definition) is 2. The second-order valence-corrected chi connectivity index (χ2v) is 9.19. The van der Waals surface area contributed by atoms with Gasteiger partial charge >= 0.3 is 0 Å². The van der Waals surface area contributed by atoms with E-state index in [1.807, 2.05) is 20.8 Å². The zero-order chi connectivity index (χ0) is 18.0. The van der Waals surface area contributed by atoms with Crippen molar-refractivity contribution >= 4 is 39.1 Å². The van der Waals surface area contributed by atoms with Crippen LogP contribution in [0.5, 0.6) is 0 Å². The summed E-state index contributed by atoms with van der Waals surface area (Å²) in [4.78, 5) is 12.3. The van der Waals surface area contributed by atoms with E-state index in [4.69, 9.17) is 23.2 Å². The van der Waals surface area contributed by atoms with Gasteiger partial charge in [0.15, 0.2) is 0 Å². The van der Waals surface area contributed by atoms with Crippen LogP contribution in [0.3, 0.4) is 0 Å². The molecule has 1 rings (SSSR count). The van der Waals surface area contributed by atoms with Crippen LogP contribution in [0.2, 0.25) is 10.0 Å². The molecule has 1 atom stereocenters. The van der Waals surface area contributed by atoms with Gasteiger partial charge in [-0.1, -0.05) is 37.0 Å². The monoisotopic (exact) mass is 380 g/mol. The fourth-order valence-corrected chi connectivity index (χ4v) is 3.55. The number of nitrogens with one attached hydrogen (secondary N) is 2. The Labute approximate surface area is 147 Å². The van der Waals surface area contributed by atoms with Crippen LogP contribution in [0.4, 0.5) is 0 Å². The topological polar surface area (TPSA) is 75.3 Å². The summed E-state index contributed by atoms with van der Waals surface area (Å²) in [7, 11) is -3.90. The van der Waals surface area contributed by atoms with Crippen molar-refractivity contribution in [1.82, 2.24) is 10.0 Å².